The highest BCUT2D eigenvalue weighted by Crippen LogP contribution is 2.41. The van der Waals surface area contributed by atoms with Gasteiger partial charge in [-0.2, -0.15) is 0 Å². The highest BCUT2D eigenvalue weighted by atomic mass is 32.1. The van der Waals surface area contributed by atoms with Gasteiger partial charge in [0.25, 0.3) is 5.91 Å². The quantitative estimate of drug-likeness (QED) is 0.135. The Morgan fingerprint density at radius 3 is 2.50 bits per heavy atom. The van der Waals surface area contributed by atoms with E-state index in [4.69, 9.17) is 24.7 Å². The number of fused-ring (bicyclic) bond motifs is 1. The van der Waals surface area contributed by atoms with E-state index in [1.165, 1.54) is 11.9 Å². The fourth-order valence-electron chi connectivity index (χ4n) is 5.10. The van der Waals surface area contributed by atoms with Crippen molar-refractivity contribution >= 4 is 34.8 Å². The number of aliphatic carboxylic acids is 1. The summed E-state index contributed by atoms with van der Waals surface area (Å²) in [5.41, 5.74) is 1.87. The van der Waals surface area contributed by atoms with Crippen LogP contribution in [0.15, 0.2) is 35.7 Å². The second-order valence-corrected chi connectivity index (χ2v) is 13.0. The van der Waals surface area contributed by atoms with E-state index in [-0.39, 0.29) is 43.4 Å². The first-order valence-corrected chi connectivity index (χ1v) is 16.2. The molecule has 4 rings (SSSR count). The zero-order valence-electron chi connectivity index (χ0n) is 27.0. The number of carboxylic acids is 1. The molecule has 1 amide bonds. The van der Waals surface area contributed by atoms with Crippen molar-refractivity contribution in [1.82, 2.24) is 15.2 Å². The summed E-state index contributed by atoms with van der Waals surface area (Å²) in [5.74, 6) is -0.227. The van der Waals surface area contributed by atoms with E-state index < -0.39 is 17.3 Å². The highest BCUT2D eigenvalue weighted by molar-refractivity contribution is 7.09. The molecule has 0 spiro atoms. The first kappa shape index (κ1) is 34.4. The summed E-state index contributed by atoms with van der Waals surface area (Å²) in [6, 6.07) is 9.29. The van der Waals surface area contributed by atoms with Crippen LogP contribution in [0.5, 0.6) is 17.2 Å². The Labute approximate surface area is 273 Å². The average Bonchev–Trinajstić information content (AvgIpc) is 3.63. The predicted octanol–water partition coefficient (Wildman–Crippen LogP) is 5.48. The Morgan fingerprint density at radius 2 is 1.85 bits per heavy atom. The molecule has 46 heavy (non-hydrogen) atoms. The molecule has 1 aliphatic heterocycles. The molecule has 0 fully saturated rings. The first-order valence-electron chi connectivity index (χ1n) is 15.4. The number of hydrogen-bond acceptors (Lipinski definition) is 9. The molecule has 0 saturated heterocycles. The summed E-state index contributed by atoms with van der Waals surface area (Å²) in [6.45, 7) is 8.97. The molecule has 3 N–H and O–H groups in total. The van der Waals surface area contributed by atoms with Crippen molar-refractivity contribution < 1.29 is 33.7 Å². The van der Waals surface area contributed by atoms with E-state index in [2.05, 4.69) is 16.4 Å². The predicted molar refractivity (Wildman–Crippen MR) is 176 cm³/mol. The number of Topliss-reactive ketones (excluding diaryl/α,β-unsaturated/α-hetero) is 1. The molecule has 0 bridgehead atoms. The number of carbonyl (C=O) groups excluding carboxylic acids is 2. The molecule has 0 unspecified atom stereocenters. The van der Waals surface area contributed by atoms with Crippen molar-refractivity contribution in [2.24, 2.45) is 0 Å². The van der Waals surface area contributed by atoms with Gasteiger partial charge in [-0.05, 0) is 61.2 Å². The maximum Gasteiger partial charge on any atom is 0.303 e. The Hall–Kier alpha value is -4.45. The van der Waals surface area contributed by atoms with Crippen LogP contribution in [0, 0.1) is 5.41 Å². The minimum atomic E-state index is -0.894. The highest BCUT2D eigenvalue weighted by Gasteiger charge is 2.32. The number of ketones is 1. The van der Waals surface area contributed by atoms with Gasteiger partial charge in [0.2, 0.25) is 0 Å². The maximum atomic E-state index is 13.8. The van der Waals surface area contributed by atoms with Crippen molar-refractivity contribution in [1.29, 1.82) is 5.41 Å². The number of pyridine rings is 1. The number of nitrogens with one attached hydrogen (secondary N) is 2. The summed E-state index contributed by atoms with van der Waals surface area (Å²) in [5, 5.41) is 22.5. The van der Waals surface area contributed by atoms with Gasteiger partial charge in [0, 0.05) is 41.6 Å². The fraction of sp³-hybridized carbons (Fsp3) is 0.441. The van der Waals surface area contributed by atoms with E-state index in [9.17, 15) is 14.4 Å². The van der Waals surface area contributed by atoms with Gasteiger partial charge < -0.3 is 29.5 Å². The Balaban J connectivity index is 1.60. The van der Waals surface area contributed by atoms with Crippen LogP contribution in [0.2, 0.25) is 0 Å². The molecule has 12 heteroatoms. The third kappa shape index (κ3) is 8.42. The molecule has 0 aliphatic carbocycles. The number of rotatable bonds is 16. The fourth-order valence-corrected chi connectivity index (χ4v) is 5.85. The Kier molecular flexibility index (Phi) is 11.4. The van der Waals surface area contributed by atoms with E-state index in [1.54, 1.807) is 34.4 Å². The number of amidine groups is 1. The Bertz CT molecular complexity index is 1580. The van der Waals surface area contributed by atoms with Crippen LogP contribution in [0.25, 0.3) is 0 Å². The summed E-state index contributed by atoms with van der Waals surface area (Å²) < 4.78 is 18.1. The van der Waals surface area contributed by atoms with Gasteiger partial charge in [0.05, 0.1) is 26.4 Å². The number of aryl methyl sites for hydroxylation is 1. The zero-order valence-corrected chi connectivity index (χ0v) is 27.8. The van der Waals surface area contributed by atoms with Crippen LogP contribution < -0.4 is 19.5 Å². The molecular formula is C34H42N4O7S. The van der Waals surface area contributed by atoms with Crippen LogP contribution in [-0.4, -0.2) is 71.9 Å². The van der Waals surface area contributed by atoms with Crippen molar-refractivity contribution in [3.8, 4) is 17.2 Å². The van der Waals surface area contributed by atoms with Gasteiger partial charge in [0.1, 0.15) is 11.5 Å². The summed E-state index contributed by atoms with van der Waals surface area (Å²) in [4.78, 5) is 44.7. The van der Waals surface area contributed by atoms with E-state index in [0.29, 0.717) is 53.7 Å². The van der Waals surface area contributed by atoms with E-state index >= 15 is 0 Å². The largest absolute Gasteiger partial charge is 0.491 e. The van der Waals surface area contributed by atoms with Gasteiger partial charge >= 0.3 is 5.97 Å². The third-order valence-corrected chi connectivity index (χ3v) is 8.35. The number of thiophene rings is 1. The molecule has 3 heterocycles. The van der Waals surface area contributed by atoms with Crippen molar-refractivity contribution in [2.45, 2.75) is 65.3 Å². The number of nitrogens with zero attached hydrogens (tertiary/aromatic N) is 2. The third-order valence-electron chi connectivity index (χ3n) is 7.42. The molecular weight excluding hydrogens is 608 g/mol. The molecule has 0 radical (unpaired) electrons. The van der Waals surface area contributed by atoms with Crippen LogP contribution in [0.4, 0.5) is 0 Å². The lowest BCUT2D eigenvalue weighted by Crippen LogP contribution is -2.31. The van der Waals surface area contributed by atoms with E-state index in [1.807, 2.05) is 39.1 Å². The monoisotopic (exact) mass is 650 g/mol. The van der Waals surface area contributed by atoms with Gasteiger partial charge in [0.15, 0.2) is 28.7 Å². The summed E-state index contributed by atoms with van der Waals surface area (Å²) in [7, 11) is 1.50. The van der Waals surface area contributed by atoms with Crippen LogP contribution in [0.1, 0.15) is 89.5 Å². The van der Waals surface area contributed by atoms with Crippen molar-refractivity contribution in [3.05, 3.63) is 68.7 Å². The zero-order chi connectivity index (χ0) is 33.4. The lowest BCUT2D eigenvalue weighted by molar-refractivity contribution is -0.137. The van der Waals surface area contributed by atoms with Gasteiger partial charge in [-0.1, -0.05) is 26.8 Å². The van der Waals surface area contributed by atoms with Crippen LogP contribution >= 0.6 is 11.3 Å². The molecule has 3 aromatic rings. The number of benzene rings is 1. The number of carbonyl (C=O) groups is 3. The molecule has 1 aliphatic rings. The lowest BCUT2D eigenvalue weighted by atomic mass is 9.84. The average molecular weight is 651 g/mol. The minimum Gasteiger partial charge on any atom is -0.491 e. The number of aromatic nitrogens is 1. The lowest BCUT2D eigenvalue weighted by Gasteiger charge is -2.26. The van der Waals surface area contributed by atoms with Gasteiger partial charge in [-0.15, -0.1) is 11.3 Å². The van der Waals surface area contributed by atoms with Crippen molar-refractivity contribution in [2.75, 3.05) is 33.4 Å². The first-order chi connectivity index (χ1) is 21.9. The molecule has 2 aromatic heterocycles. The number of hydrogen-bond donors (Lipinski definition) is 3. The van der Waals surface area contributed by atoms with Gasteiger partial charge in [-0.25, -0.2) is 4.98 Å². The van der Waals surface area contributed by atoms with Crippen LogP contribution in [-0.2, 0) is 23.2 Å². The maximum absolute atomic E-state index is 13.8. The Morgan fingerprint density at radius 1 is 1.09 bits per heavy atom. The normalized spacial score (nSPS) is 12.5. The topological polar surface area (TPSA) is 151 Å². The smallest absolute Gasteiger partial charge is 0.303 e. The van der Waals surface area contributed by atoms with Gasteiger partial charge in [-0.3, -0.25) is 19.8 Å². The molecule has 0 saturated carbocycles. The van der Waals surface area contributed by atoms with E-state index in [0.717, 1.165) is 18.4 Å². The molecule has 1 aromatic carbocycles. The number of carboxylic acid groups (broad SMARTS) is 1. The summed E-state index contributed by atoms with van der Waals surface area (Å²) in [6.07, 6.45) is 1.93. The molecule has 11 nitrogen and oxygen atoms in total. The van der Waals surface area contributed by atoms with Crippen LogP contribution in [0.3, 0.4) is 0 Å². The standard InChI is InChI=1S/C34H42N4O7S/c1-6-43-26-18-22-19-38(32(35)29(22)37-30(26)33(42)36-5)20-25(39)21-16-24(34(2,3)4)31(45-14-8-12-28(40)41)27(17-21)44-13-7-10-23-11-9-15-46-23/h9,11,15-18,35H,6-8,10,12-14,19-20H2,1-5H3,(H,36,42)(H,40,41). The molecule has 246 valence electrons. The second kappa shape index (κ2) is 15.2. The molecule has 0 atom stereocenters. The number of ether oxygens (including phenoxy) is 3. The number of amides is 1. The minimum absolute atomic E-state index is 0.0197. The second-order valence-electron chi connectivity index (χ2n) is 12.0. The van der Waals surface area contributed by atoms with Crippen molar-refractivity contribution in [3.63, 3.8) is 0 Å². The summed E-state index contributed by atoms with van der Waals surface area (Å²) >= 11 is 1.69. The SMILES string of the molecule is CCOc1cc2c(nc1C(=O)NC)C(=N)N(CC(=O)c1cc(OCCCc3cccs3)c(OCCCC(=O)O)c(C(C)(C)C)c1)C2.